The monoisotopic (exact) mass is 395 g/mol. The number of nitro groups is 1. The Labute approximate surface area is 156 Å². The maximum absolute atomic E-state index is 13.0. The molecule has 0 bridgehead atoms. The number of benzene rings is 2. The maximum atomic E-state index is 13.0. The molecular weight excluding hydrogens is 378 g/mol. The molecule has 0 unspecified atom stereocenters. The number of anilines is 1. The minimum Gasteiger partial charge on any atom is -0.354 e. The van der Waals surface area contributed by atoms with Crippen LogP contribution in [0.2, 0.25) is 0 Å². The molecule has 0 aliphatic carbocycles. The van der Waals surface area contributed by atoms with Gasteiger partial charge in [0.1, 0.15) is 6.54 Å². The molecule has 0 saturated heterocycles. The molecule has 0 aliphatic rings. The van der Waals surface area contributed by atoms with E-state index in [4.69, 9.17) is 0 Å². The number of carbonyl (C=O) groups excluding carboxylic acids is 1. The lowest BCUT2D eigenvalue weighted by Crippen LogP contribution is -2.41. The van der Waals surface area contributed by atoms with Crippen LogP contribution in [0.15, 0.2) is 59.5 Å². The summed E-state index contributed by atoms with van der Waals surface area (Å²) >= 11 is 3.98. The summed E-state index contributed by atoms with van der Waals surface area (Å²) in [6.45, 7) is -0.234. The normalized spacial score (nSPS) is 11.0. The van der Waals surface area contributed by atoms with Crippen LogP contribution in [0, 0.1) is 10.1 Å². The third kappa shape index (κ3) is 4.73. The van der Waals surface area contributed by atoms with Gasteiger partial charge in [-0.05, 0) is 18.2 Å². The topological polar surface area (TPSA) is 110 Å². The van der Waals surface area contributed by atoms with Crippen LogP contribution in [-0.4, -0.2) is 38.1 Å². The smallest absolute Gasteiger partial charge is 0.271 e. The van der Waals surface area contributed by atoms with Crippen molar-refractivity contribution in [3.63, 3.8) is 0 Å². The Morgan fingerprint density at radius 1 is 1.15 bits per heavy atom. The van der Waals surface area contributed by atoms with E-state index in [9.17, 15) is 23.3 Å². The van der Waals surface area contributed by atoms with Crippen LogP contribution in [0.25, 0.3) is 0 Å². The van der Waals surface area contributed by atoms with Gasteiger partial charge in [0.2, 0.25) is 5.91 Å². The summed E-state index contributed by atoms with van der Waals surface area (Å²) in [6.07, 6.45) is 0. The minimum atomic E-state index is -4.09. The van der Waals surface area contributed by atoms with Gasteiger partial charge in [-0.25, -0.2) is 8.42 Å². The molecule has 0 spiro atoms. The number of non-ortho nitro benzene ring substituents is 1. The number of carbonyl (C=O) groups is 1. The van der Waals surface area contributed by atoms with Crippen molar-refractivity contribution in [2.75, 3.05) is 23.1 Å². The van der Waals surface area contributed by atoms with E-state index >= 15 is 0 Å². The number of rotatable bonds is 8. The Balaban J connectivity index is 2.47. The summed E-state index contributed by atoms with van der Waals surface area (Å²) in [4.78, 5) is 22.5. The molecule has 0 aliphatic heterocycles. The van der Waals surface area contributed by atoms with Gasteiger partial charge >= 0.3 is 0 Å². The summed E-state index contributed by atoms with van der Waals surface area (Å²) in [6, 6.07) is 12.7. The number of thiol groups is 1. The highest BCUT2D eigenvalue weighted by atomic mass is 32.2. The number of hydrogen-bond donors (Lipinski definition) is 2. The fourth-order valence-electron chi connectivity index (χ4n) is 2.18. The van der Waals surface area contributed by atoms with Gasteiger partial charge in [0.25, 0.3) is 15.7 Å². The average molecular weight is 395 g/mol. The van der Waals surface area contributed by atoms with Crippen LogP contribution in [-0.2, 0) is 14.8 Å². The van der Waals surface area contributed by atoms with Gasteiger partial charge in [-0.2, -0.15) is 12.6 Å². The highest BCUT2D eigenvalue weighted by Gasteiger charge is 2.28. The molecule has 2 rings (SSSR count). The van der Waals surface area contributed by atoms with E-state index in [0.29, 0.717) is 5.75 Å². The maximum Gasteiger partial charge on any atom is 0.271 e. The van der Waals surface area contributed by atoms with Crippen molar-refractivity contribution in [2.45, 2.75) is 4.90 Å². The largest absolute Gasteiger partial charge is 0.354 e. The third-order valence-corrected chi connectivity index (χ3v) is 5.39. The van der Waals surface area contributed by atoms with Gasteiger partial charge < -0.3 is 5.32 Å². The zero-order chi connectivity index (χ0) is 19.2. The van der Waals surface area contributed by atoms with Crippen LogP contribution < -0.4 is 9.62 Å². The molecule has 26 heavy (non-hydrogen) atoms. The number of hydrogen-bond acceptors (Lipinski definition) is 6. The van der Waals surface area contributed by atoms with Gasteiger partial charge in [-0.1, -0.05) is 24.3 Å². The first-order valence-corrected chi connectivity index (χ1v) is 9.63. The summed E-state index contributed by atoms with van der Waals surface area (Å²) in [7, 11) is -4.09. The Kier molecular flexibility index (Phi) is 6.58. The Bertz CT molecular complexity index is 888. The molecule has 1 amide bonds. The zero-order valence-corrected chi connectivity index (χ0v) is 15.3. The van der Waals surface area contributed by atoms with Crippen molar-refractivity contribution in [3.8, 4) is 0 Å². The molecule has 8 nitrogen and oxygen atoms in total. The minimum absolute atomic E-state index is 0.0199. The summed E-state index contributed by atoms with van der Waals surface area (Å²) in [5, 5.41) is 13.5. The Morgan fingerprint density at radius 3 is 2.46 bits per heavy atom. The quantitative estimate of drug-likeness (QED) is 0.403. The van der Waals surface area contributed by atoms with Gasteiger partial charge in [-0.3, -0.25) is 19.2 Å². The number of amides is 1. The molecule has 2 aromatic rings. The van der Waals surface area contributed by atoms with Crippen molar-refractivity contribution in [2.24, 2.45) is 0 Å². The van der Waals surface area contributed by atoms with E-state index in [1.807, 2.05) is 0 Å². The van der Waals surface area contributed by atoms with Crippen molar-refractivity contribution < 1.29 is 18.1 Å². The Hall–Kier alpha value is -2.59. The SMILES string of the molecule is O=C(CN(c1cccc([N+](=O)[O-])c1)S(=O)(=O)c1ccccc1)NCCS. The molecule has 0 atom stereocenters. The lowest BCUT2D eigenvalue weighted by Gasteiger charge is -2.24. The molecule has 0 saturated carbocycles. The second kappa shape index (κ2) is 8.68. The van der Waals surface area contributed by atoms with Crippen LogP contribution in [0.4, 0.5) is 11.4 Å². The molecule has 0 aromatic heterocycles. The van der Waals surface area contributed by atoms with Gasteiger partial charge in [0, 0.05) is 24.4 Å². The van der Waals surface area contributed by atoms with Crippen LogP contribution in [0.3, 0.4) is 0 Å². The fraction of sp³-hybridized carbons (Fsp3) is 0.188. The molecule has 2 aromatic carbocycles. The predicted octanol–water partition coefficient (Wildman–Crippen LogP) is 1.84. The van der Waals surface area contributed by atoms with Crippen LogP contribution in [0.1, 0.15) is 0 Å². The molecule has 10 heteroatoms. The number of sulfonamides is 1. The number of nitro benzene ring substituents is 1. The van der Waals surface area contributed by atoms with Gasteiger partial charge in [0.15, 0.2) is 0 Å². The molecular formula is C16H17N3O5S2. The lowest BCUT2D eigenvalue weighted by molar-refractivity contribution is -0.384. The van der Waals surface area contributed by atoms with E-state index in [1.165, 1.54) is 30.3 Å². The van der Waals surface area contributed by atoms with Crippen molar-refractivity contribution >= 4 is 39.9 Å². The van der Waals surface area contributed by atoms with E-state index in [0.717, 1.165) is 10.4 Å². The summed E-state index contributed by atoms with van der Waals surface area (Å²) in [5.74, 6) is -0.140. The second-order valence-electron chi connectivity index (χ2n) is 5.18. The molecule has 0 fully saturated rings. The number of nitrogens with zero attached hydrogens (tertiary/aromatic N) is 2. The van der Waals surface area contributed by atoms with E-state index < -0.39 is 27.4 Å². The van der Waals surface area contributed by atoms with Crippen LogP contribution in [0.5, 0.6) is 0 Å². The first-order chi connectivity index (χ1) is 12.4. The van der Waals surface area contributed by atoms with Crippen molar-refractivity contribution in [1.82, 2.24) is 5.32 Å². The van der Waals surface area contributed by atoms with E-state index in [2.05, 4.69) is 17.9 Å². The Morgan fingerprint density at radius 2 is 1.85 bits per heavy atom. The first kappa shape index (κ1) is 19.7. The average Bonchev–Trinajstić information content (AvgIpc) is 2.65. The fourth-order valence-corrected chi connectivity index (χ4v) is 3.72. The molecule has 0 heterocycles. The predicted molar refractivity (Wildman–Crippen MR) is 101 cm³/mol. The summed E-state index contributed by atoms with van der Waals surface area (Å²) < 4.78 is 26.8. The third-order valence-electron chi connectivity index (χ3n) is 3.38. The lowest BCUT2D eigenvalue weighted by atomic mass is 10.3. The van der Waals surface area contributed by atoms with Crippen molar-refractivity contribution in [3.05, 3.63) is 64.7 Å². The van der Waals surface area contributed by atoms with Gasteiger partial charge in [-0.15, -0.1) is 0 Å². The first-order valence-electron chi connectivity index (χ1n) is 7.56. The molecule has 0 radical (unpaired) electrons. The van der Waals surface area contributed by atoms with E-state index in [-0.39, 0.29) is 22.8 Å². The van der Waals surface area contributed by atoms with Crippen LogP contribution >= 0.6 is 12.6 Å². The van der Waals surface area contributed by atoms with Gasteiger partial charge in [0.05, 0.1) is 15.5 Å². The number of nitrogens with one attached hydrogen (secondary N) is 1. The molecule has 1 N–H and O–H groups in total. The summed E-state index contributed by atoms with van der Waals surface area (Å²) in [5.41, 5.74) is -0.240. The highest BCUT2D eigenvalue weighted by Crippen LogP contribution is 2.26. The molecule has 138 valence electrons. The second-order valence-corrected chi connectivity index (χ2v) is 7.48. The zero-order valence-electron chi connectivity index (χ0n) is 13.6. The standard InChI is InChI=1S/C16H17N3O5S2/c20-16(17-9-10-25)12-18(13-5-4-6-14(11-13)19(21)22)26(23,24)15-7-2-1-3-8-15/h1-8,11,25H,9-10,12H2,(H,17,20). The van der Waals surface area contributed by atoms with Crippen molar-refractivity contribution in [1.29, 1.82) is 0 Å². The highest BCUT2D eigenvalue weighted by molar-refractivity contribution is 7.92. The van der Waals surface area contributed by atoms with E-state index in [1.54, 1.807) is 18.2 Å².